The maximum atomic E-state index is 4.56. The Hall–Kier alpha value is -1.51. The Morgan fingerprint density at radius 3 is 2.36 bits per heavy atom. The minimum atomic E-state index is 0.575. The Morgan fingerprint density at radius 1 is 1.04 bits per heavy atom. The minimum Gasteiger partial charge on any atom is -0.355 e. The molecule has 0 spiro atoms. The third-order valence-electron chi connectivity index (χ3n) is 7.23. The van der Waals surface area contributed by atoms with Crippen molar-refractivity contribution >= 4 is 0 Å². The predicted octanol–water partition coefficient (Wildman–Crippen LogP) is 4.48. The molecule has 4 aliphatic carbocycles. The Balaban J connectivity index is 1.36. The van der Waals surface area contributed by atoms with Gasteiger partial charge in [-0.15, -0.1) is 0 Å². The summed E-state index contributed by atoms with van der Waals surface area (Å²) < 4.78 is 0. The third-order valence-corrected chi connectivity index (χ3v) is 7.23. The number of hydrogen-bond acceptors (Lipinski definition) is 3. The average molecular weight is 338 g/mol. The molecule has 134 valence electrons. The molecule has 1 aromatic heterocycles. The number of hydrogen-bond donors (Lipinski definition) is 0. The van der Waals surface area contributed by atoms with E-state index in [9.17, 15) is 0 Å². The molecule has 0 atom stereocenters. The molecule has 3 heteroatoms. The zero-order valence-electron chi connectivity index (χ0n) is 15.6. The molecule has 0 amide bonds. The number of aromatic nitrogens is 1. The Morgan fingerprint density at radius 2 is 1.76 bits per heavy atom. The van der Waals surface area contributed by atoms with E-state index >= 15 is 0 Å². The molecule has 0 saturated heterocycles. The van der Waals surface area contributed by atoms with Gasteiger partial charge >= 0.3 is 0 Å². The zero-order valence-corrected chi connectivity index (χ0v) is 15.6. The summed E-state index contributed by atoms with van der Waals surface area (Å²) in [6.07, 6.45) is 12.0. The molecule has 0 aromatic carbocycles. The molecule has 3 nitrogen and oxygen atoms in total. The van der Waals surface area contributed by atoms with Gasteiger partial charge in [0, 0.05) is 24.1 Å². The highest BCUT2D eigenvalue weighted by molar-refractivity contribution is 5.15. The predicted molar refractivity (Wildman–Crippen MR) is 100 cm³/mol. The fourth-order valence-corrected chi connectivity index (χ4v) is 6.53. The van der Waals surface area contributed by atoms with Crippen molar-refractivity contribution in [3.05, 3.63) is 42.0 Å². The highest BCUT2D eigenvalue weighted by atomic mass is 15.4. The van der Waals surface area contributed by atoms with E-state index in [-0.39, 0.29) is 0 Å². The summed E-state index contributed by atoms with van der Waals surface area (Å²) in [4.78, 5) is 9.85. The maximum Gasteiger partial charge on any atom is 0.0903 e. The van der Waals surface area contributed by atoms with Crippen molar-refractivity contribution < 1.29 is 0 Å². The molecule has 0 radical (unpaired) electrons. The molecule has 25 heavy (non-hydrogen) atoms. The summed E-state index contributed by atoms with van der Waals surface area (Å²) >= 11 is 0. The van der Waals surface area contributed by atoms with Crippen LogP contribution in [0.1, 0.15) is 51.6 Å². The lowest BCUT2D eigenvalue weighted by Gasteiger charge is -2.56. The number of allylic oxidation sites excluding steroid dienone is 1. The molecule has 4 bridgehead atoms. The second kappa shape index (κ2) is 6.03. The van der Waals surface area contributed by atoms with E-state index in [2.05, 4.69) is 47.0 Å². The molecule has 4 saturated carbocycles. The standard InChI is InChI=1S/C22H31N3/c1-15(2)21-13-25(14-24(21)12-20-5-3-4-6-23-20)22-18-8-16-7-17(10-18)11-19(22)9-16/h3-6,13,15-19,22H,7-12,14H2,1-2H3. The smallest absolute Gasteiger partial charge is 0.0903 e. The van der Waals surface area contributed by atoms with Crippen LogP contribution in [-0.4, -0.2) is 27.5 Å². The molecule has 6 rings (SSSR count). The molecule has 4 fully saturated rings. The van der Waals surface area contributed by atoms with Crippen LogP contribution in [0.5, 0.6) is 0 Å². The van der Waals surface area contributed by atoms with Gasteiger partial charge in [-0.1, -0.05) is 19.9 Å². The van der Waals surface area contributed by atoms with Gasteiger partial charge in [0.25, 0.3) is 0 Å². The lowest BCUT2D eigenvalue weighted by Crippen LogP contribution is -2.54. The van der Waals surface area contributed by atoms with Gasteiger partial charge in [-0.2, -0.15) is 0 Å². The van der Waals surface area contributed by atoms with Gasteiger partial charge in [0.15, 0.2) is 0 Å². The fourth-order valence-electron chi connectivity index (χ4n) is 6.53. The molecule has 1 aromatic rings. The van der Waals surface area contributed by atoms with E-state index in [1.54, 1.807) is 6.42 Å². The third kappa shape index (κ3) is 2.76. The Bertz CT molecular complexity index is 622. The van der Waals surface area contributed by atoms with E-state index in [0.29, 0.717) is 5.92 Å². The average Bonchev–Trinajstić information content (AvgIpc) is 2.98. The van der Waals surface area contributed by atoms with Crippen molar-refractivity contribution in [2.75, 3.05) is 6.67 Å². The van der Waals surface area contributed by atoms with E-state index in [0.717, 1.165) is 42.9 Å². The van der Waals surface area contributed by atoms with Gasteiger partial charge in [-0.05, 0) is 73.8 Å². The van der Waals surface area contributed by atoms with Crippen LogP contribution in [0.4, 0.5) is 0 Å². The van der Waals surface area contributed by atoms with Crippen LogP contribution in [0, 0.1) is 29.6 Å². The SMILES string of the molecule is CC(C)C1=CN(C2C3CC4CC(C3)CC2C4)CN1Cc1ccccn1. The lowest BCUT2D eigenvalue weighted by molar-refractivity contribution is -0.0550. The van der Waals surface area contributed by atoms with Crippen LogP contribution in [0.15, 0.2) is 36.3 Å². The fraction of sp³-hybridized carbons (Fsp3) is 0.682. The van der Waals surface area contributed by atoms with Crippen molar-refractivity contribution in [3.63, 3.8) is 0 Å². The van der Waals surface area contributed by atoms with Crippen LogP contribution < -0.4 is 0 Å². The van der Waals surface area contributed by atoms with Crippen LogP contribution in [-0.2, 0) is 6.54 Å². The monoisotopic (exact) mass is 337 g/mol. The number of rotatable bonds is 4. The van der Waals surface area contributed by atoms with E-state index in [1.165, 1.54) is 37.1 Å². The van der Waals surface area contributed by atoms with E-state index < -0.39 is 0 Å². The van der Waals surface area contributed by atoms with Crippen molar-refractivity contribution in [1.29, 1.82) is 0 Å². The van der Waals surface area contributed by atoms with Crippen molar-refractivity contribution in [3.8, 4) is 0 Å². The summed E-state index contributed by atoms with van der Waals surface area (Å²) in [5.74, 6) is 4.59. The number of nitrogens with zero attached hydrogens (tertiary/aromatic N) is 3. The minimum absolute atomic E-state index is 0.575. The zero-order chi connectivity index (χ0) is 17.0. The van der Waals surface area contributed by atoms with E-state index in [1.807, 2.05) is 12.3 Å². The normalized spacial score (nSPS) is 36.4. The first kappa shape index (κ1) is 15.7. The quantitative estimate of drug-likeness (QED) is 0.807. The van der Waals surface area contributed by atoms with Crippen LogP contribution in [0.3, 0.4) is 0 Å². The van der Waals surface area contributed by atoms with Gasteiger partial charge in [0.2, 0.25) is 0 Å². The summed E-state index contributed by atoms with van der Waals surface area (Å²) in [6.45, 7) is 6.67. The van der Waals surface area contributed by atoms with Crippen molar-refractivity contribution in [1.82, 2.24) is 14.8 Å². The molecule has 1 aliphatic heterocycles. The number of pyridine rings is 1. The molecular weight excluding hydrogens is 306 g/mol. The summed E-state index contributed by atoms with van der Waals surface area (Å²) in [7, 11) is 0. The van der Waals surface area contributed by atoms with Crippen LogP contribution in [0.2, 0.25) is 0 Å². The second-order valence-corrected chi connectivity index (χ2v) is 9.30. The molecule has 5 aliphatic rings. The summed E-state index contributed by atoms with van der Waals surface area (Å²) in [6, 6.07) is 7.07. The van der Waals surface area contributed by atoms with Gasteiger partial charge in [0.05, 0.1) is 18.9 Å². The maximum absolute atomic E-state index is 4.56. The highest BCUT2D eigenvalue weighted by Gasteiger charge is 2.50. The summed E-state index contributed by atoms with van der Waals surface area (Å²) in [5.41, 5.74) is 2.68. The van der Waals surface area contributed by atoms with Crippen LogP contribution >= 0.6 is 0 Å². The van der Waals surface area contributed by atoms with Gasteiger partial charge in [-0.25, -0.2) is 0 Å². The first-order chi connectivity index (χ1) is 12.2. The first-order valence-electron chi connectivity index (χ1n) is 10.3. The summed E-state index contributed by atoms with van der Waals surface area (Å²) in [5, 5.41) is 0. The molecule has 2 heterocycles. The molecular formula is C22H31N3. The van der Waals surface area contributed by atoms with Crippen molar-refractivity contribution in [2.24, 2.45) is 29.6 Å². The van der Waals surface area contributed by atoms with E-state index in [4.69, 9.17) is 0 Å². The Kier molecular flexibility index (Phi) is 3.79. The van der Waals surface area contributed by atoms with Gasteiger partial charge < -0.3 is 9.80 Å². The lowest BCUT2D eigenvalue weighted by atomic mass is 9.54. The van der Waals surface area contributed by atoms with Gasteiger partial charge in [0.1, 0.15) is 0 Å². The Labute approximate surface area is 152 Å². The highest BCUT2D eigenvalue weighted by Crippen LogP contribution is 2.55. The van der Waals surface area contributed by atoms with Crippen LogP contribution in [0.25, 0.3) is 0 Å². The van der Waals surface area contributed by atoms with Crippen molar-refractivity contribution in [2.45, 2.75) is 58.5 Å². The largest absolute Gasteiger partial charge is 0.355 e. The molecule has 0 N–H and O–H groups in total. The van der Waals surface area contributed by atoms with Gasteiger partial charge in [-0.3, -0.25) is 4.98 Å². The first-order valence-corrected chi connectivity index (χ1v) is 10.3. The second-order valence-electron chi connectivity index (χ2n) is 9.30. The molecule has 0 unspecified atom stereocenters. The topological polar surface area (TPSA) is 19.4 Å².